The van der Waals surface area contributed by atoms with Gasteiger partial charge in [0.2, 0.25) is 0 Å². The van der Waals surface area contributed by atoms with Gasteiger partial charge in [-0.15, -0.1) is 0 Å². The molecule has 0 N–H and O–H groups in total. The van der Waals surface area contributed by atoms with Crippen LogP contribution in [0.1, 0.15) is 25.3 Å². The Morgan fingerprint density at radius 2 is 2.21 bits per heavy atom. The first-order chi connectivity index (χ1) is 6.85. The third-order valence-corrected chi connectivity index (χ3v) is 2.34. The molecule has 1 aliphatic carbocycles. The molecule has 1 saturated carbocycles. The van der Waals surface area contributed by atoms with Gasteiger partial charge in [0, 0.05) is 11.8 Å². The van der Waals surface area contributed by atoms with E-state index >= 15 is 0 Å². The number of nitrogens with zero attached hydrogens (tertiary/aromatic N) is 1. The average Bonchev–Trinajstić information content (AvgIpc) is 3.01. The van der Waals surface area contributed by atoms with Gasteiger partial charge in [0.05, 0.1) is 19.4 Å². The summed E-state index contributed by atoms with van der Waals surface area (Å²) < 4.78 is 11.0. The number of hydrogen-bond donors (Lipinski definition) is 0. The number of aromatic nitrogens is 1. The molecule has 0 aromatic carbocycles. The topological polar surface area (TPSA) is 31.4 Å². The number of hydrogen-bond acceptors (Lipinski definition) is 3. The summed E-state index contributed by atoms with van der Waals surface area (Å²) >= 11 is 0. The van der Waals surface area contributed by atoms with Crippen LogP contribution in [0.2, 0.25) is 0 Å². The Balaban J connectivity index is 2.26. The number of pyridine rings is 1. The molecular weight excluding hydrogens is 178 g/mol. The zero-order chi connectivity index (χ0) is 9.97. The monoisotopic (exact) mass is 193 g/mol. The predicted octanol–water partition coefficient (Wildman–Crippen LogP) is 2.19. The van der Waals surface area contributed by atoms with Crippen LogP contribution in [0.3, 0.4) is 0 Å². The van der Waals surface area contributed by atoms with Crippen LogP contribution in [-0.2, 0) is 6.42 Å². The van der Waals surface area contributed by atoms with Crippen molar-refractivity contribution >= 4 is 0 Å². The van der Waals surface area contributed by atoms with Crippen molar-refractivity contribution in [1.82, 2.24) is 4.98 Å². The molecule has 0 radical (unpaired) electrons. The highest BCUT2D eigenvalue weighted by atomic mass is 16.5. The summed E-state index contributed by atoms with van der Waals surface area (Å²) in [6, 6.07) is 0. The van der Waals surface area contributed by atoms with E-state index in [4.69, 9.17) is 9.47 Å². The molecule has 0 saturated heterocycles. The van der Waals surface area contributed by atoms with Crippen molar-refractivity contribution in [3.8, 4) is 11.5 Å². The van der Waals surface area contributed by atoms with Gasteiger partial charge >= 0.3 is 0 Å². The van der Waals surface area contributed by atoms with E-state index in [1.54, 1.807) is 13.3 Å². The molecule has 14 heavy (non-hydrogen) atoms. The summed E-state index contributed by atoms with van der Waals surface area (Å²) in [6.07, 6.45) is 7.17. The van der Waals surface area contributed by atoms with Crippen molar-refractivity contribution in [1.29, 1.82) is 0 Å². The largest absolute Gasteiger partial charge is 0.492 e. The van der Waals surface area contributed by atoms with Crippen LogP contribution in [0.4, 0.5) is 0 Å². The standard InChI is InChI=1S/C11H15NO2/c1-3-8-6-12-7-10(11(8)13-2)14-9-4-5-9/h6-7,9H,3-5H2,1-2H3. The Kier molecular flexibility index (Phi) is 2.57. The fraction of sp³-hybridized carbons (Fsp3) is 0.545. The van der Waals surface area contributed by atoms with E-state index in [1.807, 2.05) is 6.20 Å². The van der Waals surface area contributed by atoms with Gasteiger partial charge in [-0.3, -0.25) is 4.98 Å². The summed E-state index contributed by atoms with van der Waals surface area (Å²) in [6.45, 7) is 2.08. The van der Waals surface area contributed by atoms with Crippen LogP contribution >= 0.6 is 0 Å². The van der Waals surface area contributed by atoms with E-state index in [0.717, 1.165) is 36.3 Å². The highest BCUT2D eigenvalue weighted by molar-refractivity contribution is 5.44. The minimum atomic E-state index is 0.387. The molecule has 1 aliphatic rings. The highest BCUT2D eigenvalue weighted by Crippen LogP contribution is 2.35. The van der Waals surface area contributed by atoms with Crippen molar-refractivity contribution in [3.63, 3.8) is 0 Å². The van der Waals surface area contributed by atoms with Crippen molar-refractivity contribution in [2.24, 2.45) is 0 Å². The fourth-order valence-corrected chi connectivity index (χ4v) is 1.40. The SMILES string of the molecule is CCc1cncc(OC2CC2)c1OC. The fourth-order valence-electron chi connectivity index (χ4n) is 1.40. The maximum atomic E-state index is 5.70. The Morgan fingerprint density at radius 1 is 1.43 bits per heavy atom. The summed E-state index contributed by atoms with van der Waals surface area (Å²) in [5.74, 6) is 1.63. The van der Waals surface area contributed by atoms with Crippen LogP contribution in [0.5, 0.6) is 11.5 Å². The van der Waals surface area contributed by atoms with Crippen LogP contribution in [0.15, 0.2) is 12.4 Å². The van der Waals surface area contributed by atoms with E-state index in [-0.39, 0.29) is 0 Å². The van der Waals surface area contributed by atoms with Gasteiger partial charge in [-0.05, 0) is 19.3 Å². The molecule has 76 valence electrons. The molecule has 0 unspecified atom stereocenters. The van der Waals surface area contributed by atoms with Gasteiger partial charge in [-0.1, -0.05) is 6.92 Å². The van der Waals surface area contributed by atoms with Gasteiger partial charge < -0.3 is 9.47 Å². The summed E-state index contributed by atoms with van der Waals surface area (Å²) in [5.41, 5.74) is 1.10. The Bertz CT molecular complexity index is 321. The highest BCUT2D eigenvalue weighted by Gasteiger charge is 2.25. The molecule has 0 spiro atoms. The van der Waals surface area contributed by atoms with Gasteiger partial charge in [0.1, 0.15) is 0 Å². The lowest BCUT2D eigenvalue weighted by atomic mass is 10.2. The van der Waals surface area contributed by atoms with Gasteiger partial charge in [0.25, 0.3) is 0 Å². The maximum absolute atomic E-state index is 5.70. The second kappa shape index (κ2) is 3.86. The number of aryl methyl sites for hydroxylation is 1. The molecule has 1 fully saturated rings. The number of methoxy groups -OCH3 is 1. The third-order valence-electron chi connectivity index (χ3n) is 2.34. The first kappa shape index (κ1) is 9.31. The van der Waals surface area contributed by atoms with Gasteiger partial charge in [0.15, 0.2) is 11.5 Å². The molecule has 0 aliphatic heterocycles. The molecule has 0 amide bonds. The molecule has 1 heterocycles. The molecule has 1 aromatic rings. The quantitative estimate of drug-likeness (QED) is 0.734. The maximum Gasteiger partial charge on any atom is 0.180 e. The van der Waals surface area contributed by atoms with E-state index in [2.05, 4.69) is 11.9 Å². The zero-order valence-electron chi connectivity index (χ0n) is 8.62. The summed E-state index contributed by atoms with van der Waals surface area (Å²) in [7, 11) is 1.67. The molecule has 1 aromatic heterocycles. The van der Waals surface area contributed by atoms with Crippen LogP contribution in [0, 0.1) is 0 Å². The molecule has 0 atom stereocenters. The van der Waals surface area contributed by atoms with Crippen molar-refractivity contribution in [2.75, 3.05) is 7.11 Å². The molecule has 2 rings (SSSR count). The lowest BCUT2D eigenvalue weighted by Gasteiger charge is -2.12. The van der Waals surface area contributed by atoms with Crippen molar-refractivity contribution < 1.29 is 9.47 Å². The minimum Gasteiger partial charge on any atom is -0.492 e. The Morgan fingerprint density at radius 3 is 2.79 bits per heavy atom. The first-order valence-corrected chi connectivity index (χ1v) is 5.02. The second-order valence-corrected chi connectivity index (χ2v) is 3.50. The number of rotatable bonds is 4. The van der Waals surface area contributed by atoms with E-state index < -0.39 is 0 Å². The first-order valence-electron chi connectivity index (χ1n) is 5.02. The van der Waals surface area contributed by atoms with Crippen molar-refractivity contribution in [2.45, 2.75) is 32.3 Å². The van der Waals surface area contributed by atoms with E-state index in [9.17, 15) is 0 Å². The van der Waals surface area contributed by atoms with Crippen LogP contribution in [0.25, 0.3) is 0 Å². The zero-order valence-corrected chi connectivity index (χ0v) is 8.62. The van der Waals surface area contributed by atoms with Crippen molar-refractivity contribution in [3.05, 3.63) is 18.0 Å². The average molecular weight is 193 g/mol. The predicted molar refractivity (Wildman–Crippen MR) is 53.8 cm³/mol. The second-order valence-electron chi connectivity index (χ2n) is 3.50. The smallest absolute Gasteiger partial charge is 0.180 e. The third kappa shape index (κ3) is 1.81. The minimum absolute atomic E-state index is 0.387. The van der Waals surface area contributed by atoms with Crippen LogP contribution < -0.4 is 9.47 Å². The van der Waals surface area contributed by atoms with Gasteiger partial charge in [-0.2, -0.15) is 0 Å². The summed E-state index contributed by atoms with van der Waals surface area (Å²) in [5, 5.41) is 0. The molecule has 3 heteroatoms. The van der Waals surface area contributed by atoms with E-state index in [0.29, 0.717) is 6.10 Å². The van der Waals surface area contributed by atoms with Crippen LogP contribution in [-0.4, -0.2) is 18.2 Å². The normalized spacial score (nSPS) is 15.3. The van der Waals surface area contributed by atoms with E-state index in [1.165, 1.54) is 0 Å². The Hall–Kier alpha value is -1.25. The molecule has 3 nitrogen and oxygen atoms in total. The lowest BCUT2D eigenvalue weighted by molar-refractivity contribution is 0.279. The molecular formula is C11H15NO2. The van der Waals surface area contributed by atoms with Gasteiger partial charge in [-0.25, -0.2) is 0 Å². The lowest BCUT2D eigenvalue weighted by Crippen LogP contribution is -2.01. The summed E-state index contributed by atoms with van der Waals surface area (Å²) in [4.78, 5) is 4.14. The Labute approximate surface area is 84.1 Å². The number of ether oxygens (including phenoxy) is 2. The molecule has 0 bridgehead atoms.